The quantitative estimate of drug-likeness (QED) is 0.349. The van der Waals surface area contributed by atoms with Crippen LogP contribution in [0.2, 0.25) is 0 Å². The van der Waals surface area contributed by atoms with Gasteiger partial charge >= 0.3 is 0 Å². The van der Waals surface area contributed by atoms with Gasteiger partial charge in [-0.25, -0.2) is 0 Å². The van der Waals surface area contributed by atoms with Crippen LogP contribution in [0.15, 0.2) is 29.3 Å². The highest BCUT2D eigenvalue weighted by Gasteiger charge is 2.26. The average molecular weight is 433 g/mol. The fraction of sp³-hybridized carbons (Fsp3) is 0.708. The van der Waals surface area contributed by atoms with Crippen LogP contribution in [0.5, 0.6) is 5.75 Å². The third-order valence-electron chi connectivity index (χ3n) is 6.34. The standard InChI is InChI=1S/C24H40N4O3/c1-25-24(28-15-11-22(12-16-28)31-18-6-17-29-2)26-19-23(27-13-4-5-14-27)20-7-9-21(30-3)10-8-20/h7-10,22-23H,4-6,11-19H2,1-3H3,(H,25,26). The van der Waals surface area contributed by atoms with E-state index in [1.165, 1.54) is 18.4 Å². The summed E-state index contributed by atoms with van der Waals surface area (Å²) in [4.78, 5) is 9.53. The summed E-state index contributed by atoms with van der Waals surface area (Å²) in [5.41, 5.74) is 1.33. The molecule has 1 unspecified atom stereocenters. The molecule has 7 heteroatoms. The molecule has 2 aliphatic rings. The minimum absolute atomic E-state index is 0.340. The van der Waals surface area contributed by atoms with E-state index < -0.39 is 0 Å². The molecular weight excluding hydrogens is 392 g/mol. The van der Waals surface area contributed by atoms with Crippen molar-refractivity contribution >= 4 is 5.96 Å². The summed E-state index contributed by atoms with van der Waals surface area (Å²) in [5, 5.41) is 3.66. The minimum Gasteiger partial charge on any atom is -0.497 e. The lowest BCUT2D eigenvalue weighted by Crippen LogP contribution is -2.49. The highest BCUT2D eigenvalue weighted by molar-refractivity contribution is 5.80. The molecule has 174 valence electrons. The molecule has 0 aromatic heterocycles. The number of guanidine groups is 1. The number of hydrogen-bond acceptors (Lipinski definition) is 5. The van der Waals surface area contributed by atoms with Crippen LogP contribution in [0.1, 0.15) is 43.7 Å². The Morgan fingerprint density at radius 2 is 1.77 bits per heavy atom. The van der Waals surface area contributed by atoms with E-state index in [1.54, 1.807) is 14.2 Å². The topological polar surface area (TPSA) is 58.6 Å². The lowest BCUT2D eigenvalue weighted by molar-refractivity contribution is 0.00986. The van der Waals surface area contributed by atoms with Gasteiger partial charge in [0.15, 0.2) is 5.96 Å². The smallest absolute Gasteiger partial charge is 0.193 e. The first-order valence-electron chi connectivity index (χ1n) is 11.7. The lowest BCUT2D eigenvalue weighted by atomic mass is 10.1. The van der Waals surface area contributed by atoms with Gasteiger partial charge in [0.1, 0.15) is 5.75 Å². The van der Waals surface area contributed by atoms with Gasteiger partial charge in [0, 0.05) is 47.0 Å². The predicted molar refractivity (Wildman–Crippen MR) is 125 cm³/mol. The van der Waals surface area contributed by atoms with Gasteiger partial charge < -0.3 is 24.4 Å². The first-order chi connectivity index (χ1) is 15.2. The van der Waals surface area contributed by atoms with Gasteiger partial charge in [-0.2, -0.15) is 0 Å². The number of aliphatic imine (C=N–C) groups is 1. The number of hydrogen-bond donors (Lipinski definition) is 1. The largest absolute Gasteiger partial charge is 0.497 e. The van der Waals surface area contributed by atoms with E-state index in [2.05, 4.69) is 44.4 Å². The number of nitrogens with one attached hydrogen (secondary N) is 1. The van der Waals surface area contributed by atoms with Gasteiger partial charge in [-0.05, 0) is 62.9 Å². The van der Waals surface area contributed by atoms with Crippen LogP contribution in [0.4, 0.5) is 0 Å². The Bertz CT molecular complexity index is 653. The monoisotopic (exact) mass is 432 g/mol. The van der Waals surface area contributed by atoms with Crippen molar-refractivity contribution in [2.24, 2.45) is 4.99 Å². The van der Waals surface area contributed by atoms with Gasteiger partial charge in [-0.15, -0.1) is 0 Å². The first kappa shape index (κ1) is 23.8. The van der Waals surface area contributed by atoms with Crippen LogP contribution in [0.3, 0.4) is 0 Å². The van der Waals surface area contributed by atoms with Crippen molar-refractivity contribution in [3.8, 4) is 5.75 Å². The summed E-state index contributed by atoms with van der Waals surface area (Å²) in [6, 6.07) is 8.85. The zero-order valence-electron chi connectivity index (χ0n) is 19.5. The molecule has 2 saturated heterocycles. The molecule has 2 fully saturated rings. The van der Waals surface area contributed by atoms with E-state index in [4.69, 9.17) is 14.2 Å². The molecule has 0 amide bonds. The van der Waals surface area contributed by atoms with E-state index in [9.17, 15) is 0 Å². The first-order valence-corrected chi connectivity index (χ1v) is 11.7. The Hall–Kier alpha value is -1.83. The molecule has 1 atom stereocenters. The molecule has 0 radical (unpaired) electrons. The highest BCUT2D eigenvalue weighted by Crippen LogP contribution is 2.26. The fourth-order valence-corrected chi connectivity index (χ4v) is 4.54. The van der Waals surface area contributed by atoms with Gasteiger partial charge in [-0.1, -0.05) is 12.1 Å². The van der Waals surface area contributed by atoms with E-state index in [0.717, 1.165) is 76.9 Å². The van der Waals surface area contributed by atoms with Crippen molar-refractivity contribution in [1.82, 2.24) is 15.1 Å². The third kappa shape index (κ3) is 7.09. The van der Waals surface area contributed by atoms with E-state index in [1.807, 2.05) is 7.05 Å². The van der Waals surface area contributed by atoms with Gasteiger partial charge in [-0.3, -0.25) is 9.89 Å². The molecule has 1 aromatic carbocycles. The summed E-state index contributed by atoms with van der Waals surface area (Å²) >= 11 is 0. The number of rotatable bonds is 10. The summed E-state index contributed by atoms with van der Waals surface area (Å²) in [7, 11) is 5.33. The van der Waals surface area contributed by atoms with Crippen LogP contribution in [0.25, 0.3) is 0 Å². The van der Waals surface area contributed by atoms with Crippen molar-refractivity contribution in [2.45, 2.75) is 44.2 Å². The normalized spacial score (nSPS) is 19.6. The average Bonchev–Trinajstić information content (AvgIpc) is 3.35. The molecule has 1 aromatic rings. The van der Waals surface area contributed by atoms with Gasteiger partial charge in [0.2, 0.25) is 0 Å². The minimum atomic E-state index is 0.340. The number of likely N-dealkylation sites (tertiary alicyclic amines) is 2. The van der Waals surface area contributed by atoms with Crippen LogP contribution < -0.4 is 10.1 Å². The molecule has 1 N–H and O–H groups in total. The molecule has 0 saturated carbocycles. The van der Waals surface area contributed by atoms with Crippen molar-refractivity contribution in [1.29, 1.82) is 0 Å². The lowest BCUT2D eigenvalue weighted by Gasteiger charge is -2.35. The number of nitrogens with zero attached hydrogens (tertiary/aromatic N) is 3. The van der Waals surface area contributed by atoms with Gasteiger partial charge in [0.05, 0.1) is 19.3 Å². The summed E-state index contributed by atoms with van der Waals surface area (Å²) in [6.45, 7) is 6.67. The van der Waals surface area contributed by atoms with Crippen molar-refractivity contribution < 1.29 is 14.2 Å². The second-order valence-corrected chi connectivity index (χ2v) is 8.36. The second-order valence-electron chi connectivity index (χ2n) is 8.36. The molecule has 3 rings (SSSR count). The fourth-order valence-electron chi connectivity index (χ4n) is 4.54. The van der Waals surface area contributed by atoms with Crippen LogP contribution in [0, 0.1) is 0 Å². The maximum atomic E-state index is 6.01. The van der Waals surface area contributed by atoms with E-state index in [0.29, 0.717) is 12.1 Å². The van der Waals surface area contributed by atoms with Crippen LogP contribution in [-0.4, -0.2) is 89.1 Å². The van der Waals surface area contributed by atoms with E-state index in [-0.39, 0.29) is 0 Å². The molecular formula is C24H40N4O3. The zero-order chi connectivity index (χ0) is 21.9. The van der Waals surface area contributed by atoms with Crippen LogP contribution in [-0.2, 0) is 9.47 Å². The van der Waals surface area contributed by atoms with Crippen molar-refractivity contribution in [3.63, 3.8) is 0 Å². The molecule has 0 spiro atoms. The second kappa shape index (κ2) is 12.9. The third-order valence-corrected chi connectivity index (χ3v) is 6.34. The summed E-state index contributed by atoms with van der Waals surface area (Å²) in [5.74, 6) is 1.90. The predicted octanol–water partition coefficient (Wildman–Crippen LogP) is 2.93. The van der Waals surface area contributed by atoms with Gasteiger partial charge in [0.25, 0.3) is 0 Å². The molecule has 2 heterocycles. The molecule has 0 aliphatic carbocycles. The zero-order valence-corrected chi connectivity index (χ0v) is 19.5. The summed E-state index contributed by atoms with van der Waals surface area (Å²) < 4.78 is 16.4. The van der Waals surface area contributed by atoms with E-state index >= 15 is 0 Å². The Morgan fingerprint density at radius 3 is 2.39 bits per heavy atom. The Morgan fingerprint density at radius 1 is 1.06 bits per heavy atom. The molecule has 0 bridgehead atoms. The maximum absolute atomic E-state index is 6.01. The Balaban J connectivity index is 1.52. The maximum Gasteiger partial charge on any atom is 0.193 e. The molecule has 31 heavy (non-hydrogen) atoms. The molecule has 7 nitrogen and oxygen atoms in total. The number of benzene rings is 1. The SMILES string of the molecule is CN=C(NCC(c1ccc(OC)cc1)N1CCCC1)N1CCC(OCCCOC)CC1. The Labute approximate surface area is 187 Å². The highest BCUT2D eigenvalue weighted by atomic mass is 16.5. The van der Waals surface area contributed by atoms with Crippen LogP contribution >= 0.6 is 0 Å². The Kier molecular flexibility index (Phi) is 9.90. The summed E-state index contributed by atoms with van der Waals surface area (Å²) in [6.07, 6.45) is 5.95. The number of piperidine rings is 1. The number of ether oxygens (including phenoxy) is 3. The number of methoxy groups -OCH3 is 2. The molecule has 2 aliphatic heterocycles. The van der Waals surface area contributed by atoms with Crippen molar-refractivity contribution in [2.75, 3.05) is 67.2 Å². The van der Waals surface area contributed by atoms with Crippen molar-refractivity contribution in [3.05, 3.63) is 29.8 Å².